The van der Waals surface area contributed by atoms with E-state index in [9.17, 15) is 0 Å². The van der Waals surface area contributed by atoms with Crippen LogP contribution in [0.4, 0.5) is 5.95 Å². The highest BCUT2D eigenvalue weighted by atomic mass is 32.1. The van der Waals surface area contributed by atoms with E-state index in [2.05, 4.69) is 20.2 Å². The maximum absolute atomic E-state index is 5.88. The molecule has 2 aliphatic rings. The molecule has 108 valence electrons. The molecule has 2 saturated heterocycles. The quantitative estimate of drug-likeness (QED) is 0.777. The zero-order valence-corrected chi connectivity index (χ0v) is 12.1. The molecule has 3 rings (SSSR count). The Balaban J connectivity index is 1.54. The van der Waals surface area contributed by atoms with Gasteiger partial charge in [-0.2, -0.15) is 0 Å². The Hall–Kier alpha value is -1.31. The van der Waals surface area contributed by atoms with Gasteiger partial charge in [0.2, 0.25) is 5.95 Å². The highest BCUT2D eigenvalue weighted by Gasteiger charge is 2.31. The van der Waals surface area contributed by atoms with Crippen LogP contribution in [0.1, 0.15) is 18.5 Å². The van der Waals surface area contributed by atoms with Crippen LogP contribution in [-0.4, -0.2) is 58.2 Å². The highest BCUT2D eigenvalue weighted by molar-refractivity contribution is 7.80. The topological polar surface area (TPSA) is 76.3 Å². The monoisotopic (exact) mass is 293 g/mol. The first-order valence-corrected chi connectivity index (χ1v) is 7.35. The van der Waals surface area contributed by atoms with Crippen molar-refractivity contribution in [1.29, 1.82) is 0 Å². The van der Waals surface area contributed by atoms with E-state index in [0.717, 1.165) is 13.2 Å². The van der Waals surface area contributed by atoms with Crippen LogP contribution in [-0.2, 0) is 4.74 Å². The van der Waals surface area contributed by atoms with Crippen molar-refractivity contribution < 1.29 is 4.74 Å². The second-order valence-electron chi connectivity index (χ2n) is 5.26. The standard InChI is InChI=1S/C13H19N5OS/c14-12(20)11-3-4-15-13(17-11)16-6-10-7-18-5-1-2-9(18)8-19-10/h3-4,9-10H,1-2,5-8H2,(H2,14,20)(H,15,16,17). The van der Waals surface area contributed by atoms with Gasteiger partial charge in [-0.3, -0.25) is 4.90 Å². The Labute approximate surface area is 123 Å². The van der Waals surface area contributed by atoms with Crippen LogP contribution in [0.15, 0.2) is 12.3 Å². The molecule has 0 aromatic carbocycles. The Morgan fingerprint density at radius 3 is 3.35 bits per heavy atom. The third-order valence-electron chi connectivity index (χ3n) is 3.86. The number of anilines is 1. The van der Waals surface area contributed by atoms with Gasteiger partial charge in [0.1, 0.15) is 10.7 Å². The van der Waals surface area contributed by atoms with Gasteiger partial charge in [-0.1, -0.05) is 12.2 Å². The van der Waals surface area contributed by atoms with E-state index in [1.54, 1.807) is 12.3 Å². The van der Waals surface area contributed by atoms with Gasteiger partial charge in [0.15, 0.2) is 0 Å². The first-order valence-electron chi connectivity index (χ1n) is 6.95. The summed E-state index contributed by atoms with van der Waals surface area (Å²) >= 11 is 4.91. The molecule has 2 atom stereocenters. The van der Waals surface area contributed by atoms with Gasteiger partial charge in [0.25, 0.3) is 0 Å². The van der Waals surface area contributed by atoms with Crippen molar-refractivity contribution in [2.45, 2.75) is 25.0 Å². The zero-order chi connectivity index (χ0) is 13.9. The van der Waals surface area contributed by atoms with E-state index in [0.29, 0.717) is 24.2 Å². The van der Waals surface area contributed by atoms with Gasteiger partial charge in [0.05, 0.1) is 12.7 Å². The van der Waals surface area contributed by atoms with Crippen molar-refractivity contribution in [3.05, 3.63) is 18.0 Å². The third-order valence-corrected chi connectivity index (χ3v) is 4.07. The SMILES string of the molecule is NC(=S)c1ccnc(NCC2CN3CCCC3CO2)n1. The summed E-state index contributed by atoms with van der Waals surface area (Å²) in [6.45, 7) is 3.70. The van der Waals surface area contributed by atoms with E-state index in [4.69, 9.17) is 22.7 Å². The number of hydrogen-bond donors (Lipinski definition) is 2. The molecule has 2 unspecified atom stereocenters. The van der Waals surface area contributed by atoms with Crippen LogP contribution in [0, 0.1) is 0 Å². The lowest BCUT2D eigenvalue weighted by atomic mass is 10.2. The van der Waals surface area contributed by atoms with Crippen molar-refractivity contribution in [2.75, 3.05) is 31.6 Å². The van der Waals surface area contributed by atoms with Crippen molar-refractivity contribution in [3.8, 4) is 0 Å². The van der Waals surface area contributed by atoms with Crippen LogP contribution in [0.2, 0.25) is 0 Å². The first-order chi connectivity index (χ1) is 9.72. The van der Waals surface area contributed by atoms with Gasteiger partial charge in [0, 0.05) is 25.3 Å². The molecule has 3 heterocycles. The minimum Gasteiger partial charge on any atom is -0.388 e. The normalized spacial score (nSPS) is 26.2. The fraction of sp³-hybridized carbons (Fsp3) is 0.615. The van der Waals surface area contributed by atoms with Crippen LogP contribution in [0.5, 0.6) is 0 Å². The number of fused-ring (bicyclic) bond motifs is 1. The molecule has 1 aromatic heterocycles. The average molecular weight is 293 g/mol. The Bertz CT molecular complexity index is 497. The lowest BCUT2D eigenvalue weighted by molar-refractivity contribution is -0.0416. The van der Waals surface area contributed by atoms with Gasteiger partial charge in [-0.25, -0.2) is 9.97 Å². The smallest absolute Gasteiger partial charge is 0.223 e. The number of hydrogen-bond acceptors (Lipinski definition) is 6. The summed E-state index contributed by atoms with van der Waals surface area (Å²) in [7, 11) is 0. The molecule has 1 aromatic rings. The molecule has 0 spiro atoms. The molecule has 0 bridgehead atoms. The van der Waals surface area contributed by atoms with Crippen LogP contribution < -0.4 is 11.1 Å². The largest absolute Gasteiger partial charge is 0.388 e. The minimum atomic E-state index is 0.182. The van der Waals surface area contributed by atoms with E-state index >= 15 is 0 Å². The summed E-state index contributed by atoms with van der Waals surface area (Å²) in [4.78, 5) is 11.2. The van der Waals surface area contributed by atoms with E-state index in [1.807, 2.05) is 0 Å². The number of rotatable bonds is 4. The summed E-state index contributed by atoms with van der Waals surface area (Å²) in [5.74, 6) is 0.544. The lowest BCUT2D eigenvalue weighted by Gasteiger charge is -2.35. The number of thiocarbonyl (C=S) groups is 1. The number of ether oxygens (including phenoxy) is 1. The number of morpholine rings is 1. The molecule has 7 heteroatoms. The van der Waals surface area contributed by atoms with E-state index < -0.39 is 0 Å². The summed E-state index contributed by atoms with van der Waals surface area (Å²) in [5, 5.41) is 3.20. The maximum atomic E-state index is 5.88. The van der Waals surface area contributed by atoms with Crippen molar-refractivity contribution in [3.63, 3.8) is 0 Å². The van der Waals surface area contributed by atoms with Crippen LogP contribution >= 0.6 is 12.2 Å². The first kappa shape index (κ1) is 13.7. The predicted molar refractivity (Wildman–Crippen MR) is 80.7 cm³/mol. The fourth-order valence-electron chi connectivity index (χ4n) is 2.80. The van der Waals surface area contributed by atoms with Crippen LogP contribution in [0.25, 0.3) is 0 Å². The molecule has 0 aliphatic carbocycles. The molecule has 0 amide bonds. The zero-order valence-electron chi connectivity index (χ0n) is 11.3. The predicted octanol–water partition coefficient (Wildman–Crippen LogP) is 0.386. The number of nitrogens with one attached hydrogen (secondary N) is 1. The molecule has 0 saturated carbocycles. The molecule has 3 N–H and O–H groups in total. The van der Waals surface area contributed by atoms with Crippen LogP contribution in [0.3, 0.4) is 0 Å². The summed E-state index contributed by atoms with van der Waals surface area (Å²) in [6, 6.07) is 2.33. The molecular formula is C13H19N5OS. The van der Waals surface area contributed by atoms with Gasteiger partial charge in [-0.15, -0.1) is 0 Å². The number of nitrogens with two attached hydrogens (primary N) is 1. The second kappa shape index (κ2) is 5.99. The van der Waals surface area contributed by atoms with E-state index in [-0.39, 0.29) is 11.1 Å². The second-order valence-corrected chi connectivity index (χ2v) is 5.70. The minimum absolute atomic E-state index is 0.182. The maximum Gasteiger partial charge on any atom is 0.223 e. The average Bonchev–Trinajstić information content (AvgIpc) is 2.93. The highest BCUT2D eigenvalue weighted by Crippen LogP contribution is 2.22. The number of nitrogens with zero attached hydrogens (tertiary/aromatic N) is 3. The molecule has 2 aliphatic heterocycles. The Morgan fingerprint density at radius 2 is 2.50 bits per heavy atom. The van der Waals surface area contributed by atoms with Crippen molar-refractivity contribution >= 4 is 23.2 Å². The van der Waals surface area contributed by atoms with Crippen molar-refractivity contribution in [2.24, 2.45) is 5.73 Å². The summed E-state index contributed by atoms with van der Waals surface area (Å²) in [5.41, 5.74) is 6.15. The van der Waals surface area contributed by atoms with E-state index in [1.165, 1.54) is 19.4 Å². The summed E-state index contributed by atoms with van der Waals surface area (Å²) < 4.78 is 5.88. The van der Waals surface area contributed by atoms with Gasteiger partial charge >= 0.3 is 0 Å². The molecule has 20 heavy (non-hydrogen) atoms. The molecule has 6 nitrogen and oxygen atoms in total. The van der Waals surface area contributed by atoms with Gasteiger partial charge < -0.3 is 15.8 Å². The molecule has 2 fully saturated rings. The Morgan fingerprint density at radius 1 is 1.60 bits per heavy atom. The molecular weight excluding hydrogens is 274 g/mol. The number of aromatic nitrogens is 2. The van der Waals surface area contributed by atoms with Crippen molar-refractivity contribution in [1.82, 2.24) is 14.9 Å². The van der Waals surface area contributed by atoms with Gasteiger partial charge in [-0.05, 0) is 25.5 Å². The molecule has 0 radical (unpaired) electrons. The summed E-state index contributed by atoms with van der Waals surface area (Å²) in [6.07, 6.45) is 4.38. The lowest BCUT2D eigenvalue weighted by Crippen LogP contribution is -2.48. The third kappa shape index (κ3) is 3.05. The fourth-order valence-corrected chi connectivity index (χ4v) is 2.91. The Kier molecular flexibility index (Phi) is 4.09.